The number of carboxylic acid groups (broad SMARTS) is 2. The van der Waals surface area contributed by atoms with Crippen molar-refractivity contribution in [1.29, 1.82) is 0 Å². The quantitative estimate of drug-likeness (QED) is 0.0834. The molecule has 3 amide bonds. The number of nitrogens with zero attached hydrogens (tertiary/aromatic N) is 6. The van der Waals surface area contributed by atoms with E-state index in [-0.39, 0.29) is 77.5 Å². The molecule has 0 spiro atoms. The number of rotatable bonds is 12. The molecule has 19 nitrogen and oxygen atoms in total. The molecule has 15 aliphatic rings. The summed E-state index contributed by atoms with van der Waals surface area (Å²) in [4.78, 5) is 77.4. The number of carboxylic acids is 2. The lowest BCUT2D eigenvalue weighted by Gasteiger charge is -2.61. The van der Waals surface area contributed by atoms with Gasteiger partial charge in [0.1, 0.15) is 17.2 Å². The maximum Gasteiger partial charge on any atom is 0.490 e. The van der Waals surface area contributed by atoms with Gasteiger partial charge in [-0.15, -0.1) is 0 Å². The second kappa shape index (κ2) is 26.9. The van der Waals surface area contributed by atoms with Gasteiger partial charge in [-0.25, -0.2) is 24.6 Å². The zero-order chi connectivity index (χ0) is 71.2. The number of nitrogens with two attached hydrogens (primary N) is 3. The number of halogens is 12. The molecular formula is C67H77BF12N9O10. The van der Waals surface area contributed by atoms with Crippen LogP contribution in [0.3, 0.4) is 0 Å². The normalized spacial score (nSPS) is 34.7. The largest absolute Gasteiger partial charge is 0.490 e. The van der Waals surface area contributed by atoms with Crippen molar-refractivity contribution in [3.05, 3.63) is 89.5 Å². The van der Waals surface area contributed by atoms with E-state index < -0.39 is 60.7 Å². The minimum atomic E-state index is -5.08. The van der Waals surface area contributed by atoms with Crippen LogP contribution < -0.4 is 31.4 Å². The molecule has 3 aromatic carbocycles. The Morgan fingerprint density at radius 3 is 0.687 bits per heavy atom. The Hall–Kier alpha value is -7.96. The fraction of sp³-hybridized carbons (Fsp3) is 0.612. The fourth-order valence-corrected chi connectivity index (χ4v) is 20.7. The number of aliphatic imine (C=N–C) groups is 3. The number of hydrogen-bond donors (Lipinski definition) is 5. The van der Waals surface area contributed by atoms with E-state index in [2.05, 4.69) is 14.2 Å². The van der Waals surface area contributed by atoms with E-state index in [1.807, 2.05) is 0 Å². The number of aliphatic carboxylic acids is 2. The molecule has 12 bridgehead atoms. The Labute approximate surface area is 563 Å². The van der Waals surface area contributed by atoms with Crippen molar-refractivity contribution in [3.63, 3.8) is 0 Å². The van der Waals surface area contributed by atoms with Crippen LogP contribution in [0.25, 0.3) is 0 Å². The van der Waals surface area contributed by atoms with E-state index in [0.29, 0.717) is 53.3 Å². The Balaban J connectivity index is 0.000000146. The fourth-order valence-electron chi connectivity index (χ4n) is 20.7. The van der Waals surface area contributed by atoms with E-state index in [0.717, 1.165) is 74.5 Å². The van der Waals surface area contributed by atoms with Gasteiger partial charge in [0.15, 0.2) is 34.5 Å². The van der Waals surface area contributed by atoms with Gasteiger partial charge in [0.05, 0.1) is 0 Å². The van der Waals surface area contributed by atoms with Crippen LogP contribution in [0.15, 0.2) is 87.8 Å². The summed E-state index contributed by atoms with van der Waals surface area (Å²) in [6, 6.07) is 19.3. The van der Waals surface area contributed by atoms with Gasteiger partial charge >= 0.3 is 44.1 Å². The van der Waals surface area contributed by atoms with Gasteiger partial charge in [0, 0.05) is 45.8 Å². The van der Waals surface area contributed by atoms with Gasteiger partial charge in [0.2, 0.25) is 0 Å². The molecule has 3 radical (unpaired) electrons. The third-order valence-corrected chi connectivity index (χ3v) is 23.1. The molecule has 3 aliphatic heterocycles. The molecule has 1 unspecified atom stereocenters. The van der Waals surface area contributed by atoms with Crippen LogP contribution in [-0.2, 0) is 40.6 Å². The lowest BCUT2D eigenvalue weighted by atomic mass is 9.43. The molecule has 0 saturated heterocycles. The molecule has 3 heterocycles. The Bertz CT molecular complexity index is 3180. The number of amides is 3. The summed E-state index contributed by atoms with van der Waals surface area (Å²) in [5.74, 6) is 0.854. The van der Waals surface area contributed by atoms with Gasteiger partial charge in [-0.3, -0.25) is 29.1 Å². The highest BCUT2D eigenvalue weighted by Gasteiger charge is 2.70. The third kappa shape index (κ3) is 13.3. The minimum absolute atomic E-state index is 0. The second-order valence-corrected chi connectivity index (χ2v) is 29.0. The zero-order valence-corrected chi connectivity index (χ0v) is 54.3. The predicted molar refractivity (Wildman–Crippen MR) is 332 cm³/mol. The number of hydrogen-bond acceptors (Lipinski definition) is 14. The first kappa shape index (κ1) is 73.8. The summed E-state index contributed by atoms with van der Waals surface area (Å²) in [5, 5.41) is 14.2. The van der Waals surface area contributed by atoms with Crippen LogP contribution in [0.2, 0.25) is 0 Å². The molecule has 12 fully saturated rings. The summed E-state index contributed by atoms with van der Waals surface area (Å²) in [7, 11) is 4.99. The first-order valence-electron chi connectivity index (χ1n) is 32.5. The Morgan fingerprint density at radius 2 is 0.566 bits per heavy atom. The molecule has 0 aromatic heterocycles. The van der Waals surface area contributed by atoms with Crippen molar-refractivity contribution in [3.8, 4) is 17.2 Å². The molecule has 99 heavy (non-hydrogen) atoms. The minimum Gasteiger partial charge on any atom is -0.475 e. The van der Waals surface area contributed by atoms with Crippen molar-refractivity contribution in [1.82, 2.24) is 14.7 Å². The average Bonchev–Trinajstić information content (AvgIpc) is 1.10. The van der Waals surface area contributed by atoms with Crippen LogP contribution in [0, 0.1) is 69.5 Å². The second-order valence-electron chi connectivity index (χ2n) is 29.0. The average molecular weight is 1410 g/mol. The van der Waals surface area contributed by atoms with Gasteiger partial charge < -0.3 is 41.6 Å². The summed E-state index contributed by atoms with van der Waals surface area (Å²) in [6.45, 7) is -8.64. The van der Waals surface area contributed by atoms with Gasteiger partial charge in [-0.2, -0.15) is 52.7 Å². The van der Waals surface area contributed by atoms with Gasteiger partial charge in [-0.05, 0) is 222 Å². The van der Waals surface area contributed by atoms with Gasteiger partial charge in [0.25, 0.3) is 17.7 Å². The number of likely N-dealkylation sites (N-methyl/N-ethyl adjacent to an activating group) is 3. The maximum absolute atomic E-state index is 13.6. The predicted octanol–water partition coefficient (Wildman–Crippen LogP) is 11.3. The first-order chi connectivity index (χ1) is 45.9. The third-order valence-electron chi connectivity index (χ3n) is 23.1. The molecule has 12 saturated carbocycles. The Morgan fingerprint density at radius 1 is 0.404 bits per heavy atom. The highest BCUT2D eigenvalue weighted by molar-refractivity contribution is 6.09. The van der Waals surface area contributed by atoms with Crippen molar-refractivity contribution < 1.29 is 101 Å². The van der Waals surface area contributed by atoms with E-state index >= 15 is 0 Å². The molecule has 8 N–H and O–H groups in total. The highest BCUT2D eigenvalue weighted by atomic mass is 19.4. The number of ether oxygens (including phenoxy) is 3. The number of guanidine groups is 3. The SMILES string of the molecule is CN1C(=O)C(c2ccc(OC(F)F)cc2)(C23CC4CC(CC(C4)C2)C3)N=C1N.CN1C(=O)[C@@](c2ccc(OC(F)F)cc2)(C23CC4CC(CC(C4)C2)C3)N=C1N.CN1C(=O)[C@](c2ccc(OC(F)F)cc2)(C23CC4CC(CC(C4)C2)C3)N=C1N.O=C(O)C(F)(F)F.O=C(O)C(F)(F)F.[B]. The maximum atomic E-state index is 13.6. The van der Waals surface area contributed by atoms with Crippen LogP contribution in [0.4, 0.5) is 52.7 Å². The van der Waals surface area contributed by atoms with Crippen LogP contribution in [0.1, 0.15) is 132 Å². The lowest BCUT2D eigenvalue weighted by Crippen LogP contribution is -2.59. The van der Waals surface area contributed by atoms with Crippen molar-refractivity contribution in [2.45, 2.75) is 164 Å². The van der Waals surface area contributed by atoms with Crippen molar-refractivity contribution in [2.75, 3.05) is 21.1 Å². The number of benzene rings is 3. The van der Waals surface area contributed by atoms with Crippen LogP contribution in [-0.4, -0.2) is 134 Å². The number of carbonyl (C=O) groups excluding carboxylic acids is 3. The van der Waals surface area contributed by atoms with Crippen LogP contribution >= 0.6 is 0 Å². The van der Waals surface area contributed by atoms with Crippen molar-refractivity contribution in [2.24, 2.45) is 102 Å². The summed E-state index contributed by atoms with van der Waals surface area (Å²) >= 11 is 0. The van der Waals surface area contributed by atoms with E-state index in [4.69, 9.17) is 52.0 Å². The van der Waals surface area contributed by atoms with Crippen LogP contribution in [0.5, 0.6) is 17.2 Å². The summed E-state index contributed by atoms with van der Waals surface area (Å²) in [6.07, 6.45) is 9.87. The number of alkyl halides is 12. The monoisotopic (exact) mass is 1410 g/mol. The molecule has 3 aromatic rings. The highest BCUT2D eigenvalue weighted by Crippen LogP contribution is 2.71. The van der Waals surface area contributed by atoms with E-state index in [9.17, 15) is 67.1 Å². The molecule has 537 valence electrons. The first-order valence-corrected chi connectivity index (χ1v) is 32.5. The van der Waals surface area contributed by atoms with E-state index in [1.165, 1.54) is 109 Å². The zero-order valence-electron chi connectivity index (χ0n) is 54.3. The number of carbonyl (C=O) groups is 5. The summed E-state index contributed by atoms with van der Waals surface area (Å²) < 4.78 is 152. The Kier molecular flexibility index (Phi) is 20.0. The molecular weight excluding hydrogens is 1330 g/mol. The topological polar surface area (TPSA) is 278 Å². The molecule has 12 aliphatic carbocycles. The van der Waals surface area contributed by atoms with Gasteiger partial charge in [-0.1, -0.05) is 36.4 Å². The molecule has 18 rings (SSSR count). The standard InChI is InChI=1S/3C21H25F2N3O2.2C2HF3O2.B/c3*1-26-17(27)21(25-19(26)24,15-2-4-16(5-3-15)28-18(22)23)20-9-12-6-13(10-20)8-14(7-12)11-20;2*3-2(4,5)1(6)7;/h3*2-5,12-14,18H,6-11H2,1H3,(H2,24,25);2*(H,6,7);/t2*12?,13?,14?,20?,21-;;;;/m10..../s1. The van der Waals surface area contributed by atoms with Crippen molar-refractivity contribution >= 4 is 56.0 Å². The lowest BCUT2D eigenvalue weighted by molar-refractivity contribution is -0.193. The molecule has 3 atom stereocenters. The summed E-state index contributed by atoms with van der Waals surface area (Å²) in [5.41, 5.74) is 16.6. The molecule has 32 heteroatoms. The smallest absolute Gasteiger partial charge is 0.475 e. The van der Waals surface area contributed by atoms with E-state index in [1.54, 1.807) is 57.5 Å².